The summed E-state index contributed by atoms with van der Waals surface area (Å²) in [5, 5.41) is 3.54. The molecule has 1 heterocycles. The van der Waals surface area contributed by atoms with Gasteiger partial charge in [0, 0.05) is 27.8 Å². The second kappa shape index (κ2) is 11.6. The summed E-state index contributed by atoms with van der Waals surface area (Å²) in [6, 6.07) is 9.16. The number of nitrogens with zero attached hydrogens (tertiary/aromatic N) is 1. The molecule has 2 aromatic rings. The molecule has 1 N–H and O–H groups in total. The monoisotopic (exact) mass is 584 g/mol. The fourth-order valence-electron chi connectivity index (χ4n) is 4.44. The number of aliphatic imine (C=N–C) groups is 1. The molecular formula is C26H24Cl3FN2O4S. The third-order valence-electron chi connectivity index (χ3n) is 6.25. The van der Waals surface area contributed by atoms with Gasteiger partial charge in [0.15, 0.2) is 9.84 Å². The van der Waals surface area contributed by atoms with Crippen LogP contribution in [-0.2, 0) is 21.1 Å². The first-order valence-corrected chi connectivity index (χ1v) is 14.3. The molecule has 2 aromatic carbocycles. The Morgan fingerprint density at radius 3 is 2.59 bits per heavy atom. The smallest absolute Gasteiger partial charge is 0.235 e. The third-order valence-corrected chi connectivity index (χ3v) is 8.75. The molecule has 11 heteroatoms. The number of allylic oxidation sites excluding steroid dienone is 2. The summed E-state index contributed by atoms with van der Waals surface area (Å²) in [5.41, 5.74) is 3.91. The molecular weight excluding hydrogens is 562 g/mol. The zero-order valence-corrected chi connectivity index (χ0v) is 23.0. The Balaban J connectivity index is 1.46. The van der Waals surface area contributed by atoms with Crippen LogP contribution < -0.4 is 10.1 Å². The van der Waals surface area contributed by atoms with Gasteiger partial charge in [0.1, 0.15) is 17.3 Å². The fraction of sp³-hybridized carbons (Fsp3) is 0.308. The van der Waals surface area contributed by atoms with Crippen molar-refractivity contribution >= 4 is 56.3 Å². The Morgan fingerprint density at radius 2 is 1.89 bits per heavy atom. The number of carbonyl (C=O) groups is 1. The predicted octanol–water partition coefficient (Wildman–Crippen LogP) is 5.95. The molecule has 0 aromatic heterocycles. The van der Waals surface area contributed by atoms with Crippen LogP contribution in [0.4, 0.5) is 4.39 Å². The average molecular weight is 586 g/mol. The lowest BCUT2D eigenvalue weighted by Crippen LogP contribution is -2.32. The quantitative estimate of drug-likeness (QED) is 0.415. The highest BCUT2D eigenvalue weighted by molar-refractivity contribution is 7.92. The Kier molecular flexibility index (Phi) is 8.63. The van der Waals surface area contributed by atoms with E-state index in [1.54, 1.807) is 12.1 Å². The summed E-state index contributed by atoms with van der Waals surface area (Å²) in [5.74, 6) is -1.86. The molecule has 0 saturated heterocycles. The molecule has 0 spiro atoms. The Morgan fingerprint density at radius 1 is 1.11 bits per heavy atom. The zero-order chi connectivity index (χ0) is 26.7. The molecule has 1 amide bonds. The first-order valence-electron chi connectivity index (χ1n) is 11.5. The van der Waals surface area contributed by atoms with Crippen LogP contribution in [0.3, 0.4) is 0 Å². The fourth-order valence-corrected chi connectivity index (χ4v) is 6.42. The number of amides is 1. The number of hydrogen-bond donors (Lipinski definition) is 1. The lowest BCUT2D eigenvalue weighted by atomic mass is 9.84. The minimum absolute atomic E-state index is 0.107. The predicted molar refractivity (Wildman–Crippen MR) is 145 cm³/mol. The van der Waals surface area contributed by atoms with Crippen molar-refractivity contribution < 1.29 is 22.3 Å². The van der Waals surface area contributed by atoms with Gasteiger partial charge in [-0.25, -0.2) is 12.8 Å². The molecule has 0 fully saturated rings. The first kappa shape index (κ1) is 27.6. The van der Waals surface area contributed by atoms with E-state index in [0.717, 1.165) is 35.3 Å². The molecule has 0 saturated carbocycles. The molecule has 1 aliphatic carbocycles. The molecule has 4 rings (SSSR count). The maximum Gasteiger partial charge on any atom is 0.235 e. The van der Waals surface area contributed by atoms with Crippen LogP contribution in [0.5, 0.6) is 5.75 Å². The van der Waals surface area contributed by atoms with Gasteiger partial charge < -0.3 is 10.1 Å². The molecule has 0 bridgehead atoms. The standard InChI is InChI=1S/C26H24Cl3FN2O4S/c1-36-24-8-7-18(11-21(24)29)37(34,35)14-25(33)32-13-22(30)19-4-2-3-16-12-31-23(26(16)19)9-15-5-6-17(27)10-20(15)28/h5-8,10-11H,2-4,9,12-14H2,1H3,(H,32,33)/b22-19-. The van der Waals surface area contributed by atoms with Crippen LogP contribution in [0.1, 0.15) is 24.8 Å². The summed E-state index contributed by atoms with van der Waals surface area (Å²) in [4.78, 5) is 16.9. The molecule has 6 nitrogen and oxygen atoms in total. The summed E-state index contributed by atoms with van der Waals surface area (Å²) >= 11 is 18.3. The van der Waals surface area contributed by atoms with Gasteiger partial charge in [-0.15, -0.1) is 0 Å². The molecule has 2 aliphatic rings. The van der Waals surface area contributed by atoms with Crippen molar-refractivity contribution in [2.24, 2.45) is 4.99 Å². The van der Waals surface area contributed by atoms with Gasteiger partial charge in [-0.3, -0.25) is 9.79 Å². The van der Waals surface area contributed by atoms with E-state index in [0.29, 0.717) is 40.8 Å². The van der Waals surface area contributed by atoms with Gasteiger partial charge >= 0.3 is 0 Å². The number of rotatable bonds is 8. The molecule has 0 unspecified atom stereocenters. The number of benzene rings is 2. The number of nitrogens with one attached hydrogen (secondary N) is 1. The number of ether oxygens (including phenoxy) is 1. The van der Waals surface area contributed by atoms with Crippen LogP contribution in [0, 0.1) is 0 Å². The number of halogens is 4. The molecule has 0 radical (unpaired) electrons. The largest absolute Gasteiger partial charge is 0.495 e. The minimum Gasteiger partial charge on any atom is -0.495 e. The molecule has 37 heavy (non-hydrogen) atoms. The highest BCUT2D eigenvalue weighted by Gasteiger charge is 2.29. The number of hydrogen-bond acceptors (Lipinski definition) is 5. The maximum atomic E-state index is 15.4. The van der Waals surface area contributed by atoms with E-state index in [2.05, 4.69) is 10.3 Å². The summed E-state index contributed by atoms with van der Waals surface area (Å²) in [6.07, 6.45) is 2.52. The summed E-state index contributed by atoms with van der Waals surface area (Å²) in [6.45, 7) is 0.0838. The second-order valence-corrected chi connectivity index (χ2v) is 12.0. The van der Waals surface area contributed by atoms with Crippen LogP contribution in [0.2, 0.25) is 15.1 Å². The second-order valence-electron chi connectivity index (χ2n) is 8.72. The minimum atomic E-state index is -3.99. The van der Waals surface area contributed by atoms with E-state index in [9.17, 15) is 13.2 Å². The topological polar surface area (TPSA) is 84.8 Å². The number of carbonyl (C=O) groups excluding carboxylic acids is 1. The SMILES string of the molecule is COc1ccc(S(=O)(=O)CC(=O)NC/C(F)=C2\CCCC3=C2C(Cc2ccc(Cl)cc2Cl)=NC3)cc1Cl. The lowest BCUT2D eigenvalue weighted by Gasteiger charge is -2.21. The number of sulfone groups is 1. The van der Waals surface area contributed by atoms with E-state index in [-0.39, 0.29) is 9.92 Å². The number of methoxy groups -OCH3 is 1. The van der Waals surface area contributed by atoms with E-state index in [1.165, 1.54) is 25.3 Å². The van der Waals surface area contributed by atoms with Crippen molar-refractivity contribution in [3.8, 4) is 5.75 Å². The van der Waals surface area contributed by atoms with E-state index < -0.39 is 33.9 Å². The Hall–Kier alpha value is -2.39. The summed E-state index contributed by atoms with van der Waals surface area (Å²) < 4.78 is 45.7. The van der Waals surface area contributed by atoms with Crippen LogP contribution in [0.15, 0.2) is 68.8 Å². The summed E-state index contributed by atoms with van der Waals surface area (Å²) in [7, 11) is -2.58. The maximum absolute atomic E-state index is 15.4. The van der Waals surface area contributed by atoms with Gasteiger partial charge in [-0.2, -0.15) is 0 Å². The molecule has 0 atom stereocenters. The highest BCUT2D eigenvalue weighted by Crippen LogP contribution is 2.38. The van der Waals surface area contributed by atoms with Crippen molar-refractivity contribution in [1.82, 2.24) is 5.32 Å². The van der Waals surface area contributed by atoms with Crippen molar-refractivity contribution in [2.45, 2.75) is 30.6 Å². The van der Waals surface area contributed by atoms with Gasteiger partial charge in [0.05, 0.1) is 30.1 Å². The van der Waals surface area contributed by atoms with Gasteiger partial charge in [0.2, 0.25) is 5.91 Å². The molecule has 1 aliphatic heterocycles. The lowest BCUT2D eigenvalue weighted by molar-refractivity contribution is -0.118. The Bertz CT molecular complexity index is 1450. The highest BCUT2D eigenvalue weighted by atomic mass is 35.5. The van der Waals surface area contributed by atoms with Gasteiger partial charge in [-0.1, -0.05) is 40.9 Å². The van der Waals surface area contributed by atoms with Crippen molar-refractivity contribution in [1.29, 1.82) is 0 Å². The Labute approximate surface area is 230 Å². The van der Waals surface area contributed by atoms with E-state index in [4.69, 9.17) is 39.5 Å². The van der Waals surface area contributed by atoms with Crippen LogP contribution in [-0.4, -0.2) is 46.0 Å². The molecule has 196 valence electrons. The van der Waals surface area contributed by atoms with Crippen molar-refractivity contribution in [2.75, 3.05) is 26.0 Å². The zero-order valence-electron chi connectivity index (χ0n) is 19.9. The normalized spacial score (nSPS) is 16.8. The average Bonchev–Trinajstić information content (AvgIpc) is 3.27. The first-order chi connectivity index (χ1) is 17.6. The van der Waals surface area contributed by atoms with Crippen LogP contribution >= 0.6 is 34.8 Å². The van der Waals surface area contributed by atoms with E-state index in [1.807, 2.05) is 6.07 Å². The van der Waals surface area contributed by atoms with Gasteiger partial charge in [-0.05, 0) is 66.3 Å². The van der Waals surface area contributed by atoms with Crippen molar-refractivity contribution in [3.63, 3.8) is 0 Å². The van der Waals surface area contributed by atoms with E-state index >= 15 is 4.39 Å². The van der Waals surface area contributed by atoms with Crippen molar-refractivity contribution in [3.05, 3.63) is 79.6 Å². The van der Waals surface area contributed by atoms with Gasteiger partial charge in [0.25, 0.3) is 0 Å². The van der Waals surface area contributed by atoms with Crippen LogP contribution in [0.25, 0.3) is 0 Å². The third kappa shape index (κ3) is 6.37.